The van der Waals surface area contributed by atoms with E-state index >= 15 is 0 Å². The van der Waals surface area contributed by atoms with Crippen molar-refractivity contribution >= 4 is 15.9 Å². The zero-order valence-corrected chi connectivity index (χ0v) is 9.04. The van der Waals surface area contributed by atoms with Gasteiger partial charge in [-0.05, 0) is 12.1 Å². The molecule has 1 heterocycles. The molecular formula is C9H10BrNO3. The van der Waals surface area contributed by atoms with Crippen molar-refractivity contribution < 1.29 is 14.3 Å². The molecule has 5 heteroatoms. The molecule has 0 aromatic heterocycles. The van der Waals surface area contributed by atoms with Crippen molar-refractivity contribution in [2.45, 2.75) is 13.2 Å². The molecule has 0 fully saturated rings. The van der Waals surface area contributed by atoms with Crippen molar-refractivity contribution in [3.05, 3.63) is 27.7 Å². The standard InChI is InChI=1S/C9H10BrNO3/c10-8-1-2-9-7(3-12-5-13-9)6(8)4-14-11/h1-2H,3-5,11H2. The van der Waals surface area contributed by atoms with Gasteiger partial charge in [-0.2, -0.15) is 0 Å². The van der Waals surface area contributed by atoms with Crippen molar-refractivity contribution in [3.8, 4) is 5.75 Å². The third-order valence-corrected chi connectivity index (χ3v) is 2.85. The highest BCUT2D eigenvalue weighted by molar-refractivity contribution is 9.10. The first-order valence-corrected chi connectivity index (χ1v) is 4.94. The predicted molar refractivity (Wildman–Crippen MR) is 53.4 cm³/mol. The van der Waals surface area contributed by atoms with Crippen molar-refractivity contribution in [1.29, 1.82) is 0 Å². The second kappa shape index (κ2) is 4.27. The van der Waals surface area contributed by atoms with Crippen LogP contribution in [0.4, 0.5) is 0 Å². The number of rotatable bonds is 2. The zero-order chi connectivity index (χ0) is 9.97. The number of hydrogen-bond acceptors (Lipinski definition) is 4. The van der Waals surface area contributed by atoms with E-state index in [1.54, 1.807) is 0 Å². The molecule has 0 atom stereocenters. The minimum atomic E-state index is 0.303. The molecule has 0 radical (unpaired) electrons. The molecule has 0 saturated heterocycles. The summed E-state index contributed by atoms with van der Waals surface area (Å²) in [6, 6.07) is 3.82. The summed E-state index contributed by atoms with van der Waals surface area (Å²) in [7, 11) is 0. The molecule has 14 heavy (non-hydrogen) atoms. The smallest absolute Gasteiger partial charge is 0.189 e. The average Bonchev–Trinajstić information content (AvgIpc) is 2.23. The second-order valence-electron chi connectivity index (χ2n) is 2.92. The van der Waals surface area contributed by atoms with Gasteiger partial charge in [0.05, 0.1) is 13.2 Å². The highest BCUT2D eigenvalue weighted by Gasteiger charge is 2.16. The van der Waals surface area contributed by atoms with Crippen LogP contribution in [0.15, 0.2) is 16.6 Å². The van der Waals surface area contributed by atoms with Gasteiger partial charge in [0, 0.05) is 15.6 Å². The molecule has 2 N–H and O–H groups in total. The number of halogens is 1. The van der Waals surface area contributed by atoms with Crippen LogP contribution in [0, 0.1) is 0 Å². The second-order valence-corrected chi connectivity index (χ2v) is 3.78. The van der Waals surface area contributed by atoms with Crippen LogP contribution in [0.5, 0.6) is 5.75 Å². The lowest BCUT2D eigenvalue weighted by Crippen LogP contribution is -2.14. The Kier molecular flexibility index (Phi) is 3.02. The maximum Gasteiger partial charge on any atom is 0.189 e. The first kappa shape index (κ1) is 9.92. The van der Waals surface area contributed by atoms with Crippen molar-refractivity contribution in [1.82, 2.24) is 0 Å². The topological polar surface area (TPSA) is 53.7 Å². The van der Waals surface area contributed by atoms with E-state index in [1.807, 2.05) is 12.1 Å². The molecule has 4 nitrogen and oxygen atoms in total. The number of hydrogen-bond donors (Lipinski definition) is 1. The monoisotopic (exact) mass is 259 g/mol. The van der Waals surface area contributed by atoms with Gasteiger partial charge in [-0.15, -0.1) is 0 Å². The molecule has 0 amide bonds. The molecule has 1 aromatic rings. The summed E-state index contributed by atoms with van der Waals surface area (Å²) >= 11 is 3.43. The molecule has 2 rings (SSSR count). The van der Waals surface area contributed by atoms with Crippen LogP contribution in [-0.4, -0.2) is 6.79 Å². The Balaban J connectivity index is 2.43. The quantitative estimate of drug-likeness (QED) is 0.822. The molecule has 1 aliphatic rings. The van der Waals surface area contributed by atoms with Crippen LogP contribution in [-0.2, 0) is 22.8 Å². The van der Waals surface area contributed by atoms with E-state index in [1.165, 1.54) is 0 Å². The number of fused-ring (bicyclic) bond motifs is 1. The Bertz CT molecular complexity index is 343. The van der Waals surface area contributed by atoms with E-state index < -0.39 is 0 Å². The van der Waals surface area contributed by atoms with Crippen molar-refractivity contribution in [2.75, 3.05) is 6.79 Å². The Morgan fingerprint density at radius 2 is 2.36 bits per heavy atom. The number of ether oxygens (including phenoxy) is 2. The minimum absolute atomic E-state index is 0.303. The SMILES string of the molecule is NOCc1c(Br)ccc2c1COCO2. The third-order valence-electron chi connectivity index (χ3n) is 2.10. The summed E-state index contributed by atoms with van der Waals surface area (Å²) in [6.45, 7) is 1.18. The third kappa shape index (κ3) is 1.76. The van der Waals surface area contributed by atoms with Gasteiger partial charge in [0.25, 0.3) is 0 Å². The Morgan fingerprint density at radius 3 is 3.14 bits per heavy atom. The van der Waals surface area contributed by atoms with Crippen molar-refractivity contribution in [3.63, 3.8) is 0 Å². The summed E-state index contributed by atoms with van der Waals surface area (Å²) in [4.78, 5) is 4.63. The van der Waals surface area contributed by atoms with E-state index in [0.29, 0.717) is 20.0 Å². The summed E-state index contributed by atoms with van der Waals surface area (Å²) in [6.07, 6.45) is 0. The number of nitrogens with two attached hydrogens (primary N) is 1. The van der Waals surface area contributed by atoms with Crippen LogP contribution >= 0.6 is 15.9 Å². The predicted octanol–water partition coefficient (Wildman–Crippen LogP) is 1.71. The van der Waals surface area contributed by atoms with E-state index in [2.05, 4.69) is 20.8 Å². The largest absolute Gasteiger partial charge is 0.467 e. The summed E-state index contributed by atoms with van der Waals surface area (Å²) in [5.41, 5.74) is 1.97. The molecule has 76 valence electrons. The van der Waals surface area contributed by atoms with Gasteiger partial charge < -0.3 is 9.47 Å². The Labute approximate surface area is 90.0 Å². The van der Waals surface area contributed by atoms with Crippen LogP contribution in [0.3, 0.4) is 0 Å². The minimum Gasteiger partial charge on any atom is -0.467 e. The summed E-state index contributed by atoms with van der Waals surface area (Å²) < 4.78 is 11.5. The highest BCUT2D eigenvalue weighted by Crippen LogP contribution is 2.32. The Morgan fingerprint density at radius 1 is 1.50 bits per heavy atom. The fourth-order valence-electron chi connectivity index (χ4n) is 1.42. The van der Waals surface area contributed by atoms with E-state index in [4.69, 9.17) is 15.4 Å². The lowest BCUT2D eigenvalue weighted by atomic mass is 10.1. The first-order chi connectivity index (χ1) is 6.83. The van der Waals surface area contributed by atoms with Gasteiger partial charge in [-0.25, -0.2) is 5.90 Å². The van der Waals surface area contributed by atoms with Gasteiger partial charge in [0.15, 0.2) is 6.79 Å². The van der Waals surface area contributed by atoms with Crippen LogP contribution in [0.1, 0.15) is 11.1 Å². The van der Waals surface area contributed by atoms with Gasteiger partial charge in [-0.3, -0.25) is 4.84 Å². The van der Waals surface area contributed by atoms with Gasteiger partial charge >= 0.3 is 0 Å². The fourth-order valence-corrected chi connectivity index (χ4v) is 1.91. The molecule has 0 spiro atoms. The molecule has 0 bridgehead atoms. The van der Waals surface area contributed by atoms with E-state index in [-0.39, 0.29) is 0 Å². The fraction of sp³-hybridized carbons (Fsp3) is 0.333. The zero-order valence-electron chi connectivity index (χ0n) is 7.46. The molecule has 0 unspecified atom stereocenters. The molecule has 1 aliphatic heterocycles. The van der Waals surface area contributed by atoms with Gasteiger partial charge in [-0.1, -0.05) is 15.9 Å². The van der Waals surface area contributed by atoms with Gasteiger partial charge in [0.2, 0.25) is 0 Å². The molecule has 0 saturated carbocycles. The van der Waals surface area contributed by atoms with E-state index in [9.17, 15) is 0 Å². The van der Waals surface area contributed by atoms with E-state index in [0.717, 1.165) is 21.3 Å². The number of benzene rings is 1. The molecular weight excluding hydrogens is 250 g/mol. The van der Waals surface area contributed by atoms with Crippen LogP contribution < -0.4 is 10.6 Å². The van der Waals surface area contributed by atoms with Crippen molar-refractivity contribution in [2.24, 2.45) is 5.90 Å². The Hall–Kier alpha value is -0.620. The maximum absolute atomic E-state index is 5.33. The first-order valence-electron chi connectivity index (χ1n) is 4.15. The average molecular weight is 260 g/mol. The summed E-state index contributed by atoms with van der Waals surface area (Å²) in [5, 5.41) is 0. The lowest BCUT2D eigenvalue weighted by Gasteiger charge is -2.20. The highest BCUT2D eigenvalue weighted by atomic mass is 79.9. The molecule has 0 aliphatic carbocycles. The molecule has 1 aromatic carbocycles. The normalized spacial score (nSPS) is 14.7. The summed E-state index contributed by atoms with van der Waals surface area (Å²) in [5.74, 6) is 5.90. The lowest BCUT2D eigenvalue weighted by molar-refractivity contribution is -0.0179. The van der Waals surface area contributed by atoms with Gasteiger partial charge in [0.1, 0.15) is 5.75 Å². The van der Waals surface area contributed by atoms with Crippen LogP contribution in [0.25, 0.3) is 0 Å². The van der Waals surface area contributed by atoms with Crippen LogP contribution in [0.2, 0.25) is 0 Å². The maximum atomic E-state index is 5.33.